The molecule has 0 aliphatic carbocycles. The summed E-state index contributed by atoms with van der Waals surface area (Å²) in [5.74, 6) is 2.16. The minimum absolute atomic E-state index is 0.0414. The molecule has 7 nitrogen and oxygen atoms in total. The Morgan fingerprint density at radius 1 is 0.833 bits per heavy atom. The van der Waals surface area contributed by atoms with Gasteiger partial charge in [0.2, 0.25) is 0 Å². The monoisotopic (exact) mass is 356 g/mol. The fraction of sp³-hybridized carbons (Fsp3) is 0.875. The van der Waals surface area contributed by atoms with Crippen LogP contribution in [0.4, 0.5) is 0 Å². The summed E-state index contributed by atoms with van der Waals surface area (Å²) in [4.78, 5) is 20.1. The Labute approximate surface area is 145 Å². The molecule has 0 aromatic rings. The molecule has 2 heterocycles. The Kier molecular flexibility index (Phi) is 9.03. The molecule has 0 radical (unpaired) electrons. The molecule has 1 N–H and O–H groups in total. The van der Waals surface area contributed by atoms with Crippen LogP contribution in [0.25, 0.3) is 0 Å². The van der Waals surface area contributed by atoms with E-state index in [1.807, 2.05) is 4.90 Å². The number of nitrogens with zero attached hydrogens (tertiary/aromatic N) is 4. The molecule has 24 heavy (non-hydrogen) atoms. The zero-order valence-corrected chi connectivity index (χ0v) is 15.3. The quantitative estimate of drug-likeness (QED) is 0.730. The van der Waals surface area contributed by atoms with Crippen molar-refractivity contribution in [3.8, 4) is 5.75 Å². The number of carbonyl (C=O) groups is 1. The van der Waals surface area contributed by atoms with Crippen LogP contribution in [-0.2, 0) is 9.36 Å². The summed E-state index contributed by atoms with van der Waals surface area (Å²) in [6.07, 6.45) is 3.15. The third kappa shape index (κ3) is 7.47. The van der Waals surface area contributed by atoms with Crippen molar-refractivity contribution in [2.24, 2.45) is 0 Å². The van der Waals surface area contributed by atoms with Gasteiger partial charge in [0, 0.05) is 0 Å². The first-order chi connectivity index (χ1) is 11.7. The average Bonchev–Trinajstić information content (AvgIpc) is 2.60. The molecule has 0 aromatic carbocycles. The number of fused-ring (bicyclic) bond motifs is 4. The van der Waals surface area contributed by atoms with Gasteiger partial charge in [-0.15, -0.1) is 0 Å². The Bertz CT molecular complexity index is 499. The first kappa shape index (κ1) is 19.6. The predicted molar refractivity (Wildman–Crippen MR) is 93.9 cm³/mol. The molecule has 2 bridgehead atoms. The second kappa shape index (κ2) is 11.0. The van der Waals surface area contributed by atoms with E-state index in [1.165, 1.54) is 0 Å². The van der Waals surface area contributed by atoms with Crippen LogP contribution < -0.4 is 0 Å². The van der Waals surface area contributed by atoms with Crippen LogP contribution in [0.2, 0.25) is 0 Å². The number of hydrogen-bond donors (Lipinski definition) is 1. The van der Waals surface area contributed by atoms with E-state index in [0.717, 1.165) is 84.7 Å². The average molecular weight is 356 g/mol. The second-order valence-corrected chi connectivity index (χ2v) is 6.97. The Balaban J connectivity index is 2.04. The van der Waals surface area contributed by atoms with E-state index in [0.29, 0.717) is 0 Å². The van der Waals surface area contributed by atoms with Crippen molar-refractivity contribution in [2.45, 2.75) is 19.3 Å². The molecule has 8 heteroatoms. The second-order valence-electron chi connectivity index (χ2n) is 6.59. The zero-order chi connectivity index (χ0) is 17.2. The van der Waals surface area contributed by atoms with Crippen LogP contribution in [0, 0.1) is 5.75 Å². The number of rotatable bonds is 2. The van der Waals surface area contributed by atoms with Crippen LogP contribution in [0.5, 0.6) is 0 Å². The number of aliphatic carboxylic acids is 1. The van der Waals surface area contributed by atoms with Crippen molar-refractivity contribution in [3.05, 3.63) is 0 Å². The number of carboxylic acid groups (broad SMARTS) is 1. The summed E-state index contributed by atoms with van der Waals surface area (Å²) in [5, 5.41) is 9.10. The SMILES string of the molecule is O=P#CN1CCCN2CCCN(CCCN(CC(=O)O)CC2)CC1. The van der Waals surface area contributed by atoms with Gasteiger partial charge >= 0.3 is 145 Å². The van der Waals surface area contributed by atoms with Crippen molar-refractivity contribution in [3.63, 3.8) is 0 Å². The molecule has 0 spiro atoms. The fourth-order valence-electron chi connectivity index (χ4n) is 3.47. The summed E-state index contributed by atoms with van der Waals surface area (Å²) < 4.78 is 10.9. The molecule has 2 saturated heterocycles. The summed E-state index contributed by atoms with van der Waals surface area (Å²) in [5.41, 5.74) is 0. The third-order valence-corrected chi connectivity index (χ3v) is 5.12. The maximum absolute atomic E-state index is 11.1. The molecule has 136 valence electrons. The Morgan fingerprint density at radius 2 is 1.42 bits per heavy atom. The van der Waals surface area contributed by atoms with Gasteiger partial charge in [-0.05, 0) is 0 Å². The van der Waals surface area contributed by atoms with Crippen LogP contribution >= 0.6 is 7.92 Å². The van der Waals surface area contributed by atoms with Gasteiger partial charge < -0.3 is 0 Å². The minimum atomic E-state index is -0.743. The van der Waals surface area contributed by atoms with Gasteiger partial charge in [-0.3, -0.25) is 0 Å². The van der Waals surface area contributed by atoms with Crippen LogP contribution in [0.15, 0.2) is 0 Å². The van der Waals surface area contributed by atoms with Crippen molar-refractivity contribution < 1.29 is 14.5 Å². The molecule has 2 atom stereocenters. The first-order valence-electron chi connectivity index (χ1n) is 8.89. The number of hydrogen-bond acceptors (Lipinski definition) is 6. The van der Waals surface area contributed by atoms with E-state index in [2.05, 4.69) is 20.5 Å². The van der Waals surface area contributed by atoms with Gasteiger partial charge in [0.1, 0.15) is 0 Å². The summed E-state index contributed by atoms with van der Waals surface area (Å²) >= 11 is 0. The normalized spacial score (nSPS) is 28.5. The van der Waals surface area contributed by atoms with E-state index >= 15 is 0 Å². The van der Waals surface area contributed by atoms with Gasteiger partial charge in [-0.2, -0.15) is 0 Å². The summed E-state index contributed by atoms with van der Waals surface area (Å²) in [6.45, 7) is 9.48. The van der Waals surface area contributed by atoms with E-state index in [9.17, 15) is 9.36 Å². The third-order valence-electron chi connectivity index (χ3n) is 4.76. The molecule has 2 fully saturated rings. The van der Waals surface area contributed by atoms with Gasteiger partial charge in [-0.25, -0.2) is 0 Å². The van der Waals surface area contributed by atoms with Gasteiger partial charge in [0.15, 0.2) is 0 Å². The fourth-order valence-corrected chi connectivity index (χ4v) is 3.78. The maximum atomic E-state index is 11.1. The standard InChI is InChI=1S/C16H29N4O3P/c21-16(22)14-19-8-2-6-18-5-1-4-17(10-12-19)7-3-9-20(13-11-18)15-24-23/h1-14H2,(H,21,22). The van der Waals surface area contributed by atoms with E-state index in [1.54, 1.807) is 0 Å². The van der Waals surface area contributed by atoms with Gasteiger partial charge in [0.05, 0.1) is 0 Å². The van der Waals surface area contributed by atoms with E-state index < -0.39 is 5.97 Å². The van der Waals surface area contributed by atoms with E-state index in [-0.39, 0.29) is 14.5 Å². The van der Waals surface area contributed by atoms with Crippen LogP contribution in [0.1, 0.15) is 19.3 Å². The molecule has 0 saturated carbocycles. The summed E-state index contributed by atoms with van der Waals surface area (Å²) in [7, 11) is -0.0414. The van der Waals surface area contributed by atoms with Crippen molar-refractivity contribution in [1.82, 2.24) is 19.6 Å². The van der Waals surface area contributed by atoms with Crippen molar-refractivity contribution in [2.75, 3.05) is 72.0 Å². The van der Waals surface area contributed by atoms with Crippen LogP contribution in [0.3, 0.4) is 0 Å². The van der Waals surface area contributed by atoms with Gasteiger partial charge in [-0.1, -0.05) is 0 Å². The zero-order valence-electron chi connectivity index (χ0n) is 14.4. The molecule has 2 aliphatic rings. The van der Waals surface area contributed by atoms with Crippen molar-refractivity contribution >= 4 is 13.9 Å². The predicted octanol–water partition coefficient (Wildman–Crippen LogP) is 0.685. The van der Waals surface area contributed by atoms with Crippen molar-refractivity contribution in [1.29, 1.82) is 0 Å². The molecule has 0 aromatic heterocycles. The Morgan fingerprint density at radius 3 is 2.04 bits per heavy atom. The topological polar surface area (TPSA) is 67.3 Å². The number of carboxylic acids is 1. The Hall–Kier alpha value is -0.680. The molecule has 2 aliphatic heterocycles. The van der Waals surface area contributed by atoms with Gasteiger partial charge in [0.25, 0.3) is 0 Å². The van der Waals surface area contributed by atoms with Crippen LogP contribution in [-0.4, -0.2) is 103 Å². The molecular formula is C16H29N4O3P. The van der Waals surface area contributed by atoms with E-state index in [4.69, 9.17) is 5.11 Å². The summed E-state index contributed by atoms with van der Waals surface area (Å²) in [6, 6.07) is 0. The molecular weight excluding hydrogens is 327 g/mol. The molecule has 0 amide bonds. The molecule has 2 unspecified atom stereocenters. The molecule has 2 rings (SSSR count). The first-order valence-corrected chi connectivity index (χ1v) is 9.70.